The predicted molar refractivity (Wildman–Crippen MR) is 75.7 cm³/mol. The number of ether oxygens (including phenoxy) is 1. The van der Waals surface area contributed by atoms with E-state index in [0.717, 1.165) is 22.2 Å². The lowest BCUT2D eigenvalue weighted by Crippen LogP contribution is -2.24. The third-order valence-corrected chi connectivity index (χ3v) is 3.18. The molecule has 0 bridgehead atoms. The van der Waals surface area contributed by atoms with Crippen molar-refractivity contribution in [2.45, 2.75) is 19.8 Å². The molecule has 0 aromatic heterocycles. The van der Waals surface area contributed by atoms with Gasteiger partial charge in [0.2, 0.25) is 5.91 Å². The summed E-state index contributed by atoms with van der Waals surface area (Å²) in [5.41, 5.74) is 6.66. The van der Waals surface area contributed by atoms with Gasteiger partial charge >= 0.3 is 0 Å². The maximum Gasteiger partial charge on any atom is 0.223 e. The standard InChI is InChI=1S/C13H19BrN2O2/c1-2-16-13(17)6-8-18-11-3-4-12(14)10(9-11)5-7-15/h3-4,9H,2,5-8,15H2,1H3,(H,16,17). The third kappa shape index (κ3) is 5.06. The molecule has 5 heteroatoms. The van der Waals surface area contributed by atoms with Gasteiger partial charge in [-0.1, -0.05) is 15.9 Å². The Morgan fingerprint density at radius 2 is 2.28 bits per heavy atom. The van der Waals surface area contributed by atoms with Gasteiger partial charge < -0.3 is 15.8 Å². The van der Waals surface area contributed by atoms with Crippen molar-refractivity contribution in [2.75, 3.05) is 19.7 Å². The van der Waals surface area contributed by atoms with Gasteiger partial charge in [-0.2, -0.15) is 0 Å². The molecule has 0 saturated carbocycles. The Balaban J connectivity index is 2.47. The number of hydrogen-bond donors (Lipinski definition) is 2. The van der Waals surface area contributed by atoms with Gasteiger partial charge in [0.25, 0.3) is 0 Å². The van der Waals surface area contributed by atoms with Crippen LogP contribution in [0.3, 0.4) is 0 Å². The van der Waals surface area contributed by atoms with E-state index in [-0.39, 0.29) is 5.91 Å². The second kappa shape index (κ2) is 8.11. The van der Waals surface area contributed by atoms with Crippen LogP contribution >= 0.6 is 15.9 Å². The summed E-state index contributed by atoms with van der Waals surface area (Å²) >= 11 is 3.47. The average Bonchev–Trinajstić information content (AvgIpc) is 2.34. The Labute approximate surface area is 116 Å². The van der Waals surface area contributed by atoms with E-state index in [1.54, 1.807) is 0 Å². The second-order valence-corrected chi connectivity index (χ2v) is 4.70. The smallest absolute Gasteiger partial charge is 0.223 e. The molecule has 0 radical (unpaired) electrons. The number of benzene rings is 1. The van der Waals surface area contributed by atoms with Gasteiger partial charge in [-0.3, -0.25) is 4.79 Å². The quantitative estimate of drug-likeness (QED) is 0.807. The summed E-state index contributed by atoms with van der Waals surface area (Å²) in [7, 11) is 0. The van der Waals surface area contributed by atoms with Gasteiger partial charge in [0, 0.05) is 11.0 Å². The summed E-state index contributed by atoms with van der Waals surface area (Å²) < 4.78 is 6.57. The molecule has 1 aromatic rings. The van der Waals surface area contributed by atoms with Crippen LogP contribution in [-0.4, -0.2) is 25.6 Å². The highest BCUT2D eigenvalue weighted by atomic mass is 79.9. The zero-order valence-corrected chi connectivity index (χ0v) is 12.1. The van der Waals surface area contributed by atoms with Gasteiger partial charge in [-0.15, -0.1) is 0 Å². The van der Waals surface area contributed by atoms with Crippen LogP contribution in [0.1, 0.15) is 18.9 Å². The molecule has 0 fully saturated rings. The van der Waals surface area contributed by atoms with Crippen molar-refractivity contribution in [3.05, 3.63) is 28.2 Å². The van der Waals surface area contributed by atoms with E-state index in [1.807, 2.05) is 25.1 Å². The molecule has 0 aliphatic rings. The average molecular weight is 315 g/mol. The number of amides is 1. The first-order valence-electron chi connectivity index (χ1n) is 6.05. The molecule has 0 spiro atoms. The van der Waals surface area contributed by atoms with Gasteiger partial charge in [0.1, 0.15) is 5.75 Å². The predicted octanol–water partition coefficient (Wildman–Crippen LogP) is 1.86. The van der Waals surface area contributed by atoms with Crippen LogP contribution in [0.15, 0.2) is 22.7 Å². The molecule has 1 aromatic carbocycles. The van der Waals surface area contributed by atoms with Gasteiger partial charge in [-0.25, -0.2) is 0 Å². The lowest BCUT2D eigenvalue weighted by molar-refractivity contribution is -0.121. The Morgan fingerprint density at radius 3 is 2.94 bits per heavy atom. The van der Waals surface area contributed by atoms with Crippen LogP contribution in [0.2, 0.25) is 0 Å². The molecule has 3 N–H and O–H groups in total. The second-order valence-electron chi connectivity index (χ2n) is 3.84. The fourth-order valence-electron chi connectivity index (χ4n) is 1.54. The third-order valence-electron chi connectivity index (χ3n) is 2.40. The lowest BCUT2D eigenvalue weighted by atomic mass is 10.1. The number of halogens is 1. The number of carbonyl (C=O) groups is 1. The van der Waals surface area contributed by atoms with Gasteiger partial charge in [-0.05, 0) is 43.7 Å². The molecule has 18 heavy (non-hydrogen) atoms. The van der Waals surface area contributed by atoms with Crippen LogP contribution in [0.25, 0.3) is 0 Å². The largest absolute Gasteiger partial charge is 0.493 e. The minimum atomic E-state index is 0.0109. The van der Waals surface area contributed by atoms with E-state index in [2.05, 4.69) is 21.2 Å². The van der Waals surface area contributed by atoms with Crippen molar-refractivity contribution in [1.29, 1.82) is 0 Å². The SMILES string of the molecule is CCNC(=O)CCOc1ccc(Br)c(CCN)c1. The monoisotopic (exact) mass is 314 g/mol. The molecule has 0 aliphatic carbocycles. The minimum absolute atomic E-state index is 0.0109. The summed E-state index contributed by atoms with van der Waals surface area (Å²) in [6.07, 6.45) is 1.17. The van der Waals surface area contributed by atoms with E-state index in [0.29, 0.717) is 26.1 Å². The van der Waals surface area contributed by atoms with E-state index >= 15 is 0 Å². The molecule has 100 valence electrons. The first kappa shape index (κ1) is 15.0. The number of nitrogens with two attached hydrogens (primary N) is 1. The molecular formula is C13H19BrN2O2. The van der Waals surface area contributed by atoms with Gasteiger partial charge in [0.05, 0.1) is 13.0 Å². The first-order valence-corrected chi connectivity index (χ1v) is 6.84. The van der Waals surface area contributed by atoms with E-state index in [4.69, 9.17) is 10.5 Å². The summed E-state index contributed by atoms with van der Waals surface area (Å²) in [5.74, 6) is 0.780. The van der Waals surface area contributed by atoms with Crippen molar-refractivity contribution >= 4 is 21.8 Å². The molecule has 1 amide bonds. The summed E-state index contributed by atoms with van der Waals surface area (Å²) in [6.45, 7) is 3.53. The summed E-state index contributed by atoms with van der Waals surface area (Å²) in [6, 6.07) is 5.77. The number of rotatable bonds is 7. The highest BCUT2D eigenvalue weighted by molar-refractivity contribution is 9.10. The zero-order valence-electron chi connectivity index (χ0n) is 10.5. The highest BCUT2D eigenvalue weighted by Crippen LogP contribution is 2.22. The number of hydrogen-bond acceptors (Lipinski definition) is 3. The van der Waals surface area contributed by atoms with Crippen LogP contribution in [0.4, 0.5) is 0 Å². The van der Waals surface area contributed by atoms with E-state index in [9.17, 15) is 4.79 Å². The molecule has 0 aliphatic heterocycles. The zero-order chi connectivity index (χ0) is 13.4. The molecule has 1 rings (SSSR count). The van der Waals surface area contributed by atoms with Crippen LogP contribution < -0.4 is 15.8 Å². The summed E-state index contributed by atoms with van der Waals surface area (Å²) in [5, 5.41) is 2.73. The van der Waals surface area contributed by atoms with Gasteiger partial charge in [0.15, 0.2) is 0 Å². The minimum Gasteiger partial charge on any atom is -0.493 e. The fourth-order valence-corrected chi connectivity index (χ4v) is 1.98. The van der Waals surface area contributed by atoms with Crippen LogP contribution in [0, 0.1) is 0 Å². The maximum absolute atomic E-state index is 11.2. The molecule has 0 saturated heterocycles. The Hall–Kier alpha value is -1.07. The normalized spacial score (nSPS) is 10.2. The van der Waals surface area contributed by atoms with E-state index in [1.165, 1.54) is 0 Å². The summed E-state index contributed by atoms with van der Waals surface area (Å²) in [4.78, 5) is 11.2. The van der Waals surface area contributed by atoms with Crippen molar-refractivity contribution in [1.82, 2.24) is 5.32 Å². The highest BCUT2D eigenvalue weighted by Gasteiger charge is 2.03. The molecule has 0 heterocycles. The van der Waals surface area contributed by atoms with Crippen molar-refractivity contribution < 1.29 is 9.53 Å². The molecule has 0 atom stereocenters. The maximum atomic E-state index is 11.2. The van der Waals surface area contributed by atoms with E-state index < -0.39 is 0 Å². The Morgan fingerprint density at radius 1 is 1.50 bits per heavy atom. The topological polar surface area (TPSA) is 64.3 Å². The lowest BCUT2D eigenvalue weighted by Gasteiger charge is -2.09. The van der Waals surface area contributed by atoms with Crippen LogP contribution in [-0.2, 0) is 11.2 Å². The Bertz CT molecular complexity index is 397. The molecule has 0 unspecified atom stereocenters. The first-order chi connectivity index (χ1) is 8.67. The van der Waals surface area contributed by atoms with Crippen molar-refractivity contribution in [3.63, 3.8) is 0 Å². The molecule has 4 nitrogen and oxygen atoms in total. The van der Waals surface area contributed by atoms with Crippen molar-refractivity contribution in [3.8, 4) is 5.75 Å². The number of carbonyl (C=O) groups excluding carboxylic acids is 1. The number of nitrogens with one attached hydrogen (secondary N) is 1. The van der Waals surface area contributed by atoms with Crippen LogP contribution in [0.5, 0.6) is 5.75 Å². The Kier molecular flexibility index (Phi) is 6.75. The van der Waals surface area contributed by atoms with Crippen molar-refractivity contribution in [2.24, 2.45) is 5.73 Å². The molecular weight excluding hydrogens is 296 g/mol. The fraction of sp³-hybridized carbons (Fsp3) is 0.462.